The SMILES string of the molecule is C1COCCO1.Cl.Cl.O=C(c1ccc(-c2ccccc2Cl)o1)N1CCNCC1COc1cccnc1. The number of carbonyl (C=O) groups excluding carboxylic acids is 1. The molecule has 196 valence electrons. The molecule has 5 rings (SSSR count). The third kappa shape index (κ3) is 8.37. The van der Waals surface area contributed by atoms with Gasteiger partial charge in [0.25, 0.3) is 5.91 Å². The molecule has 2 aromatic heterocycles. The van der Waals surface area contributed by atoms with Crippen LogP contribution in [0.15, 0.2) is 65.3 Å². The molecule has 0 spiro atoms. The summed E-state index contributed by atoms with van der Waals surface area (Å²) in [7, 11) is 0. The van der Waals surface area contributed by atoms with Crippen LogP contribution in [0.1, 0.15) is 10.6 Å². The van der Waals surface area contributed by atoms with Crippen LogP contribution in [-0.4, -0.2) is 74.5 Å². The molecule has 1 amide bonds. The molecule has 8 nitrogen and oxygen atoms in total. The van der Waals surface area contributed by atoms with Gasteiger partial charge in [0.2, 0.25) is 0 Å². The molecule has 0 aliphatic carbocycles. The Morgan fingerprint density at radius 2 is 1.81 bits per heavy atom. The van der Waals surface area contributed by atoms with E-state index in [2.05, 4.69) is 10.3 Å². The van der Waals surface area contributed by atoms with Crippen molar-refractivity contribution >= 4 is 42.3 Å². The van der Waals surface area contributed by atoms with Crippen molar-refractivity contribution in [2.24, 2.45) is 0 Å². The summed E-state index contributed by atoms with van der Waals surface area (Å²) in [5.41, 5.74) is 0.764. The van der Waals surface area contributed by atoms with Crippen LogP contribution in [0, 0.1) is 0 Å². The monoisotopic (exact) mass is 557 g/mol. The maximum atomic E-state index is 13.1. The van der Waals surface area contributed by atoms with Gasteiger partial charge in [-0.15, -0.1) is 24.8 Å². The summed E-state index contributed by atoms with van der Waals surface area (Å²) in [5, 5.41) is 3.89. The van der Waals surface area contributed by atoms with Gasteiger partial charge in [-0.3, -0.25) is 9.78 Å². The summed E-state index contributed by atoms with van der Waals surface area (Å²) in [4.78, 5) is 18.9. The minimum absolute atomic E-state index is 0. The number of furan rings is 1. The maximum absolute atomic E-state index is 13.1. The van der Waals surface area contributed by atoms with Gasteiger partial charge in [-0.05, 0) is 36.4 Å². The summed E-state index contributed by atoms with van der Waals surface area (Å²) >= 11 is 6.23. The lowest BCUT2D eigenvalue weighted by atomic mass is 10.2. The van der Waals surface area contributed by atoms with E-state index in [1.54, 1.807) is 35.5 Å². The smallest absolute Gasteiger partial charge is 0.290 e. The third-order valence-corrected chi connectivity index (χ3v) is 5.72. The Labute approximate surface area is 228 Å². The third-order valence-electron chi connectivity index (χ3n) is 5.39. The number of amides is 1. The van der Waals surface area contributed by atoms with Gasteiger partial charge in [-0.25, -0.2) is 0 Å². The lowest BCUT2D eigenvalue weighted by molar-refractivity contribution is -0.0334. The van der Waals surface area contributed by atoms with E-state index in [4.69, 9.17) is 30.2 Å². The summed E-state index contributed by atoms with van der Waals surface area (Å²) < 4.78 is 21.5. The van der Waals surface area contributed by atoms with Gasteiger partial charge < -0.3 is 28.8 Å². The number of hydrogen-bond donors (Lipinski definition) is 1. The van der Waals surface area contributed by atoms with Crippen LogP contribution in [0.3, 0.4) is 0 Å². The second-order valence-electron chi connectivity index (χ2n) is 7.72. The molecule has 2 aliphatic rings. The van der Waals surface area contributed by atoms with Gasteiger partial charge in [0.05, 0.1) is 43.7 Å². The van der Waals surface area contributed by atoms with Crippen LogP contribution < -0.4 is 10.1 Å². The number of nitrogens with zero attached hydrogens (tertiary/aromatic N) is 2. The molecule has 0 radical (unpaired) electrons. The lowest BCUT2D eigenvalue weighted by Crippen LogP contribution is -2.55. The Morgan fingerprint density at radius 1 is 1.06 bits per heavy atom. The number of nitrogens with one attached hydrogen (secondary N) is 1. The Morgan fingerprint density at radius 3 is 2.47 bits per heavy atom. The van der Waals surface area contributed by atoms with Crippen molar-refractivity contribution < 1.29 is 23.4 Å². The van der Waals surface area contributed by atoms with Crippen molar-refractivity contribution in [1.29, 1.82) is 0 Å². The van der Waals surface area contributed by atoms with Gasteiger partial charge in [0, 0.05) is 31.4 Å². The second-order valence-corrected chi connectivity index (χ2v) is 8.13. The highest BCUT2D eigenvalue weighted by Crippen LogP contribution is 2.29. The maximum Gasteiger partial charge on any atom is 0.290 e. The summed E-state index contributed by atoms with van der Waals surface area (Å²) in [5.74, 6) is 1.40. The zero-order valence-corrected chi connectivity index (χ0v) is 22.0. The molecule has 3 aromatic rings. The number of piperazine rings is 1. The molecule has 4 heterocycles. The second kappa shape index (κ2) is 15.7. The molecule has 1 aromatic carbocycles. The van der Waals surface area contributed by atoms with E-state index in [0.29, 0.717) is 42.0 Å². The number of pyridine rings is 1. The average molecular weight is 559 g/mol. The predicted octanol–water partition coefficient (Wildman–Crippen LogP) is 4.36. The van der Waals surface area contributed by atoms with Crippen molar-refractivity contribution in [3.63, 3.8) is 0 Å². The van der Waals surface area contributed by atoms with Crippen molar-refractivity contribution in [1.82, 2.24) is 15.2 Å². The first-order valence-corrected chi connectivity index (χ1v) is 11.6. The zero-order valence-electron chi connectivity index (χ0n) is 19.6. The molecule has 0 bridgehead atoms. The largest absolute Gasteiger partial charge is 0.490 e. The summed E-state index contributed by atoms with van der Waals surface area (Å²) in [6.07, 6.45) is 3.35. The Hall–Kier alpha value is -2.33. The van der Waals surface area contributed by atoms with Crippen LogP contribution in [0.2, 0.25) is 5.02 Å². The first-order valence-electron chi connectivity index (χ1n) is 11.3. The fraction of sp³-hybridized carbons (Fsp3) is 0.360. The van der Waals surface area contributed by atoms with Gasteiger partial charge >= 0.3 is 0 Å². The van der Waals surface area contributed by atoms with Crippen molar-refractivity contribution in [2.75, 3.05) is 52.7 Å². The fourth-order valence-corrected chi connectivity index (χ4v) is 3.87. The fourth-order valence-electron chi connectivity index (χ4n) is 3.64. The van der Waals surface area contributed by atoms with Gasteiger partial charge in [-0.2, -0.15) is 0 Å². The number of hydrogen-bond acceptors (Lipinski definition) is 7. The van der Waals surface area contributed by atoms with Crippen LogP contribution in [0.25, 0.3) is 11.3 Å². The normalized spacial score (nSPS) is 17.0. The van der Waals surface area contributed by atoms with Crippen molar-refractivity contribution in [3.05, 3.63) is 71.7 Å². The number of ether oxygens (including phenoxy) is 3. The highest BCUT2D eigenvalue weighted by atomic mass is 35.5. The molecule has 1 atom stereocenters. The molecule has 0 saturated carbocycles. The molecule has 11 heteroatoms. The first kappa shape index (κ1) is 29.9. The van der Waals surface area contributed by atoms with Gasteiger partial charge in [0.15, 0.2) is 5.76 Å². The molecule has 36 heavy (non-hydrogen) atoms. The van der Waals surface area contributed by atoms with Crippen LogP contribution in [-0.2, 0) is 9.47 Å². The summed E-state index contributed by atoms with van der Waals surface area (Å²) in [6, 6.07) is 14.4. The standard InChI is InChI=1S/C21H20ClN3O3.C4H8O2.2ClH/c22-18-6-2-1-5-17(18)19-7-8-20(28-19)21(26)25-11-10-24-12-15(25)14-27-16-4-3-9-23-13-16;1-2-6-4-3-5-1;;/h1-9,13,15,24H,10-12,14H2;1-4H2;2*1H. The zero-order chi connectivity index (χ0) is 23.6. The first-order chi connectivity index (χ1) is 16.7. The van der Waals surface area contributed by atoms with Crippen LogP contribution in [0.5, 0.6) is 5.75 Å². The summed E-state index contributed by atoms with van der Waals surface area (Å²) in [6.45, 7) is 5.46. The number of benzene rings is 1. The highest BCUT2D eigenvalue weighted by Gasteiger charge is 2.30. The van der Waals surface area contributed by atoms with Crippen molar-refractivity contribution in [2.45, 2.75) is 6.04 Å². The minimum atomic E-state index is -0.153. The predicted molar refractivity (Wildman–Crippen MR) is 143 cm³/mol. The van der Waals surface area contributed by atoms with Gasteiger partial charge in [0.1, 0.15) is 18.1 Å². The lowest BCUT2D eigenvalue weighted by Gasteiger charge is -2.35. The number of carbonyl (C=O) groups is 1. The Bertz CT molecular complexity index is 1040. The van der Waals surface area contributed by atoms with Crippen LogP contribution >= 0.6 is 36.4 Å². The number of aromatic nitrogens is 1. The van der Waals surface area contributed by atoms with E-state index < -0.39 is 0 Å². The molecule has 1 N–H and O–H groups in total. The van der Waals surface area contributed by atoms with E-state index in [0.717, 1.165) is 38.5 Å². The van der Waals surface area contributed by atoms with Crippen LogP contribution in [0.4, 0.5) is 0 Å². The molecule has 2 saturated heterocycles. The Balaban J connectivity index is 0.000000503. The Kier molecular flexibility index (Phi) is 13.0. The van der Waals surface area contributed by atoms with E-state index in [-0.39, 0.29) is 36.8 Å². The topological polar surface area (TPSA) is 86.1 Å². The molecular formula is C25H30Cl3N3O5. The molecular weight excluding hydrogens is 529 g/mol. The number of halogens is 3. The molecule has 2 fully saturated rings. The molecule has 1 unspecified atom stereocenters. The van der Waals surface area contributed by atoms with Crippen molar-refractivity contribution in [3.8, 4) is 17.1 Å². The van der Waals surface area contributed by atoms with E-state index in [1.165, 1.54) is 0 Å². The van der Waals surface area contributed by atoms with E-state index in [1.807, 2.05) is 30.3 Å². The van der Waals surface area contributed by atoms with E-state index >= 15 is 0 Å². The van der Waals surface area contributed by atoms with E-state index in [9.17, 15) is 4.79 Å². The highest BCUT2D eigenvalue weighted by molar-refractivity contribution is 6.33. The minimum Gasteiger partial charge on any atom is -0.490 e. The number of rotatable bonds is 5. The average Bonchev–Trinajstić information content (AvgIpc) is 3.40. The van der Waals surface area contributed by atoms with Gasteiger partial charge in [-0.1, -0.05) is 23.7 Å². The quantitative estimate of drug-likeness (QED) is 0.498. The molecule has 2 aliphatic heterocycles.